The average Bonchev–Trinajstić information content (AvgIpc) is 3.16. The molecule has 0 amide bonds. The maximum atomic E-state index is 4.32. The Morgan fingerprint density at radius 3 is 2.95 bits per heavy atom. The molecule has 0 saturated carbocycles. The number of benzene rings is 1. The molecule has 0 atom stereocenters. The first-order valence-corrected chi connectivity index (χ1v) is 8.21. The van der Waals surface area contributed by atoms with Crippen molar-refractivity contribution in [2.75, 3.05) is 0 Å². The lowest BCUT2D eigenvalue weighted by Gasteiger charge is -2.11. The summed E-state index contributed by atoms with van der Waals surface area (Å²) in [4.78, 5) is 4.32. The molecule has 0 aliphatic heterocycles. The van der Waals surface area contributed by atoms with Gasteiger partial charge in [0.2, 0.25) is 0 Å². The van der Waals surface area contributed by atoms with Gasteiger partial charge in [-0.05, 0) is 53.1 Å². The summed E-state index contributed by atoms with van der Waals surface area (Å²) in [6.07, 6.45) is 5.97. The molecule has 22 heavy (non-hydrogen) atoms. The van der Waals surface area contributed by atoms with Gasteiger partial charge in [-0.15, -0.1) is 11.3 Å². The third kappa shape index (κ3) is 2.34. The molecule has 0 radical (unpaired) electrons. The van der Waals surface area contributed by atoms with Crippen LogP contribution in [0, 0.1) is 6.92 Å². The number of aromatic nitrogens is 2. The van der Waals surface area contributed by atoms with Gasteiger partial charge in [-0.25, -0.2) is 0 Å². The van der Waals surface area contributed by atoms with Gasteiger partial charge in [-0.3, -0.25) is 4.98 Å². The van der Waals surface area contributed by atoms with E-state index in [-0.39, 0.29) is 0 Å². The monoisotopic (exact) mass is 304 g/mol. The summed E-state index contributed by atoms with van der Waals surface area (Å²) in [5, 5.41) is 3.49. The van der Waals surface area contributed by atoms with Crippen LogP contribution < -0.4 is 0 Å². The fourth-order valence-corrected chi connectivity index (χ4v) is 3.78. The van der Waals surface area contributed by atoms with Gasteiger partial charge < -0.3 is 4.57 Å². The minimum Gasteiger partial charge on any atom is -0.343 e. The highest BCUT2D eigenvalue weighted by atomic mass is 32.1. The van der Waals surface area contributed by atoms with Crippen LogP contribution in [-0.4, -0.2) is 9.55 Å². The van der Waals surface area contributed by atoms with Crippen LogP contribution in [-0.2, 0) is 6.54 Å². The average molecular weight is 304 g/mol. The Balaban J connectivity index is 1.76. The van der Waals surface area contributed by atoms with Crippen LogP contribution in [0.4, 0.5) is 0 Å². The summed E-state index contributed by atoms with van der Waals surface area (Å²) in [6, 6.07) is 15.2. The third-order valence-corrected chi connectivity index (χ3v) is 4.91. The van der Waals surface area contributed by atoms with Crippen molar-refractivity contribution >= 4 is 21.4 Å². The molecular formula is C19H16N2S. The lowest BCUT2D eigenvalue weighted by Crippen LogP contribution is -2.00. The van der Waals surface area contributed by atoms with E-state index in [0.717, 1.165) is 6.54 Å². The van der Waals surface area contributed by atoms with E-state index in [4.69, 9.17) is 0 Å². The zero-order valence-corrected chi connectivity index (χ0v) is 13.2. The molecule has 108 valence electrons. The zero-order chi connectivity index (χ0) is 14.9. The Morgan fingerprint density at radius 2 is 2.05 bits per heavy atom. The van der Waals surface area contributed by atoms with Crippen molar-refractivity contribution in [3.8, 4) is 11.3 Å². The Kier molecular flexibility index (Phi) is 3.28. The van der Waals surface area contributed by atoms with E-state index in [1.54, 1.807) is 0 Å². The van der Waals surface area contributed by atoms with Crippen LogP contribution in [0.2, 0.25) is 0 Å². The van der Waals surface area contributed by atoms with Crippen LogP contribution >= 0.6 is 11.3 Å². The molecule has 0 spiro atoms. The number of hydrogen-bond donors (Lipinski definition) is 0. The van der Waals surface area contributed by atoms with Crippen LogP contribution in [0.3, 0.4) is 0 Å². The largest absolute Gasteiger partial charge is 0.343 e. The summed E-state index contributed by atoms with van der Waals surface area (Å²) in [7, 11) is 0. The van der Waals surface area contributed by atoms with E-state index in [2.05, 4.69) is 70.5 Å². The lowest BCUT2D eigenvalue weighted by atomic mass is 10.1. The second-order valence-corrected chi connectivity index (χ2v) is 6.44. The van der Waals surface area contributed by atoms with E-state index in [0.29, 0.717) is 0 Å². The normalized spacial score (nSPS) is 11.1. The van der Waals surface area contributed by atoms with E-state index in [1.165, 1.54) is 32.5 Å². The van der Waals surface area contributed by atoms with Gasteiger partial charge >= 0.3 is 0 Å². The van der Waals surface area contributed by atoms with Crippen molar-refractivity contribution in [1.82, 2.24) is 9.55 Å². The Bertz CT molecular complexity index is 933. The maximum Gasteiger partial charge on any atom is 0.0499 e. The van der Waals surface area contributed by atoms with Crippen LogP contribution in [0.1, 0.15) is 11.1 Å². The fraction of sp³-hybridized carbons (Fsp3) is 0.105. The highest BCUT2D eigenvalue weighted by Crippen LogP contribution is 2.27. The van der Waals surface area contributed by atoms with Gasteiger partial charge in [0, 0.05) is 41.1 Å². The molecule has 0 N–H and O–H groups in total. The predicted molar refractivity (Wildman–Crippen MR) is 93.3 cm³/mol. The molecule has 0 unspecified atom stereocenters. The molecule has 1 aromatic carbocycles. The molecule has 4 rings (SSSR count). The number of hydrogen-bond acceptors (Lipinski definition) is 2. The summed E-state index contributed by atoms with van der Waals surface area (Å²) < 4.78 is 3.68. The quantitative estimate of drug-likeness (QED) is 0.513. The highest BCUT2D eigenvalue weighted by Gasteiger charge is 2.08. The predicted octanol–water partition coefficient (Wildman–Crippen LogP) is 5.12. The molecule has 0 aliphatic carbocycles. The fourth-order valence-electron chi connectivity index (χ4n) is 2.87. The van der Waals surface area contributed by atoms with Gasteiger partial charge in [0.05, 0.1) is 0 Å². The van der Waals surface area contributed by atoms with Crippen molar-refractivity contribution < 1.29 is 0 Å². The number of nitrogens with zero attached hydrogens (tertiary/aromatic N) is 2. The minimum absolute atomic E-state index is 0.883. The first-order valence-electron chi connectivity index (χ1n) is 7.33. The van der Waals surface area contributed by atoms with Crippen molar-refractivity contribution in [2.45, 2.75) is 13.5 Å². The number of thiophene rings is 1. The van der Waals surface area contributed by atoms with Crippen LogP contribution in [0.5, 0.6) is 0 Å². The lowest BCUT2D eigenvalue weighted by molar-refractivity contribution is 0.820. The molecule has 3 heterocycles. The highest BCUT2D eigenvalue weighted by molar-refractivity contribution is 7.17. The smallest absolute Gasteiger partial charge is 0.0499 e. The van der Waals surface area contributed by atoms with Gasteiger partial charge in [-0.1, -0.05) is 18.2 Å². The second-order valence-electron chi connectivity index (χ2n) is 5.53. The topological polar surface area (TPSA) is 17.8 Å². The van der Waals surface area contributed by atoms with Gasteiger partial charge in [-0.2, -0.15) is 0 Å². The molecular weight excluding hydrogens is 288 g/mol. The Labute approximate surface area is 133 Å². The Hall–Kier alpha value is -2.39. The molecule has 3 aromatic heterocycles. The number of pyridine rings is 1. The number of rotatable bonds is 3. The molecule has 0 aliphatic rings. The van der Waals surface area contributed by atoms with Crippen LogP contribution in [0.25, 0.3) is 21.3 Å². The van der Waals surface area contributed by atoms with Crippen LogP contribution in [0.15, 0.2) is 66.4 Å². The van der Waals surface area contributed by atoms with Gasteiger partial charge in [0.15, 0.2) is 0 Å². The third-order valence-electron chi connectivity index (χ3n) is 3.90. The van der Waals surface area contributed by atoms with Gasteiger partial charge in [0.1, 0.15) is 0 Å². The summed E-state index contributed by atoms with van der Waals surface area (Å²) in [6.45, 7) is 2.96. The molecule has 2 nitrogen and oxygen atoms in total. The van der Waals surface area contributed by atoms with E-state index >= 15 is 0 Å². The second kappa shape index (κ2) is 5.43. The Morgan fingerprint density at radius 1 is 1.09 bits per heavy atom. The number of fused-ring (bicyclic) bond motifs is 1. The summed E-state index contributed by atoms with van der Waals surface area (Å²) in [5.74, 6) is 0. The SMILES string of the molecule is Cc1cncc(-c2cccn2Cc2cccc3ccsc23)c1. The van der Waals surface area contributed by atoms with E-state index in [9.17, 15) is 0 Å². The van der Waals surface area contributed by atoms with Gasteiger partial charge in [0.25, 0.3) is 0 Å². The standard InChI is InChI=1S/C19H16N2S/c1-14-10-17(12-20-11-14)18-6-3-8-21(18)13-16-5-2-4-15-7-9-22-19(15)16/h2-12H,13H2,1H3. The van der Waals surface area contributed by atoms with Crippen molar-refractivity contribution in [3.05, 3.63) is 77.6 Å². The first kappa shape index (κ1) is 13.3. The molecule has 4 aromatic rings. The first-order chi connectivity index (χ1) is 10.8. The maximum absolute atomic E-state index is 4.32. The molecule has 3 heteroatoms. The minimum atomic E-state index is 0.883. The van der Waals surface area contributed by atoms with Crippen molar-refractivity contribution in [2.24, 2.45) is 0 Å². The number of aryl methyl sites for hydroxylation is 1. The van der Waals surface area contributed by atoms with Crippen molar-refractivity contribution in [3.63, 3.8) is 0 Å². The molecule has 0 saturated heterocycles. The zero-order valence-electron chi connectivity index (χ0n) is 12.4. The summed E-state index contributed by atoms with van der Waals surface area (Å²) in [5.41, 5.74) is 4.93. The molecule has 0 fully saturated rings. The van der Waals surface area contributed by atoms with E-state index in [1.807, 2.05) is 23.7 Å². The summed E-state index contributed by atoms with van der Waals surface area (Å²) >= 11 is 1.81. The molecule has 0 bridgehead atoms. The van der Waals surface area contributed by atoms with E-state index < -0.39 is 0 Å². The van der Waals surface area contributed by atoms with Crippen molar-refractivity contribution in [1.29, 1.82) is 0 Å².